The maximum absolute atomic E-state index is 8.88. The molecule has 21 heavy (non-hydrogen) atoms. The molecule has 0 radical (unpaired) electrons. The summed E-state index contributed by atoms with van der Waals surface area (Å²) in [5.74, 6) is 0.819. The summed E-state index contributed by atoms with van der Waals surface area (Å²) < 4.78 is 10.7. The molecule has 0 spiro atoms. The Bertz CT molecular complexity index is 388. The highest BCUT2D eigenvalue weighted by Gasteiger charge is 2.40. The number of benzene rings is 1. The fraction of sp³-hybridized carbons (Fsp3) is 0.667. The third kappa shape index (κ3) is 6.06. The summed E-state index contributed by atoms with van der Waals surface area (Å²) in [6, 6.07) is 8.24. The van der Waals surface area contributed by atoms with Gasteiger partial charge in [-0.2, -0.15) is 0 Å². The van der Waals surface area contributed by atoms with E-state index in [-0.39, 0.29) is 19.0 Å². The number of aliphatic hydroxyl groups is 1. The Morgan fingerprint density at radius 3 is 2.29 bits per heavy atom. The van der Waals surface area contributed by atoms with Gasteiger partial charge in [-0.05, 0) is 30.5 Å². The summed E-state index contributed by atoms with van der Waals surface area (Å²) in [5, 5.41) is 8.88. The van der Waals surface area contributed by atoms with E-state index in [0.29, 0.717) is 0 Å². The van der Waals surface area contributed by atoms with Crippen molar-refractivity contribution >= 4 is 0 Å². The molecule has 3 heteroatoms. The SMILES string of the molecule is CCCCCCCCCc1ccc(OC2OC2CO)cc1. The van der Waals surface area contributed by atoms with Gasteiger partial charge in [0.1, 0.15) is 11.9 Å². The Morgan fingerprint density at radius 2 is 1.67 bits per heavy atom. The molecule has 0 saturated carbocycles. The molecule has 1 N–H and O–H groups in total. The van der Waals surface area contributed by atoms with Crippen LogP contribution in [0.15, 0.2) is 24.3 Å². The van der Waals surface area contributed by atoms with Crippen LogP contribution in [0.1, 0.15) is 57.4 Å². The molecule has 1 saturated heterocycles. The van der Waals surface area contributed by atoms with Crippen LogP contribution >= 0.6 is 0 Å². The topological polar surface area (TPSA) is 42.0 Å². The van der Waals surface area contributed by atoms with Crippen molar-refractivity contribution in [3.8, 4) is 5.75 Å². The fourth-order valence-corrected chi connectivity index (χ4v) is 2.51. The van der Waals surface area contributed by atoms with E-state index < -0.39 is 0 Å². The van der Waals surface area contributed by atoms with E-state index >= 15 is 0 Å². The molecule has 1 aromatic carbocycles. The highest BCUT2D eigenvalue weighted by Crippen LogP contribution is 2.26. The molecular weight excluding hydrogens is 264 g/mol. The van der Waals surface area contributed by atoms with Crippen molar-refractivity contribution in [3.63, 3.8) is 0 Å². The van der Waals surface area contributed by atoms with Gasteiger partial charge in [-0.15, -0.1) is 0 Å². The van der Waals surface area contributed by atoms with Crippen LogP contribution in [0.2, 0.25) is 0 Å². The second-order valence-electron chi connectivity index (χ2n) is 5.86. The molecule has 1 heterocycles. The number of aryl methyl sites for hydroxylation is 1. The number of aliphatic hydroxyl groups excluding tert-OH is 1. The Balaban J connectivity index is 1.57. The molecule has 2 unspecified atom stereocenters. The van der Waals surface area contributed by atoms with Gasteiger partial charge in [-0.3, -0.25) is 0 Å². The van der Waals surface area contributed by atoms with E-state index in [9.17, 15) is 0 Å². The lowest BCUT2D eigenvalue weighted by Crippen LogP contribution is -2.06. The van der Waals surface area contributed by atoms with Gasteiger partial charge < -0.3 is 14.6 Å². The first-order valence-electron chi connectivity index (χ1n) is 8.35. The monoisotopic (exact) mass is 292 g/mol. The first-order chi connectivity index (χ1) is 10.3. The van der Waals surface area contributed by atoms with E-state index in [1.54, 1.807) is 0 Å². The van der Waals surface area contributed by atoms with Crippen LogP contribution in [0, 0.1) is 0 Å². The third-order valence-corrected chi connectivity index (χ3v) is 3.96. The lowest BCUT2D eigenvalue weighted by molar-refractivity contribution is 0.176. The number of hydrogen-bond acceptors (Lipinski definition) is 3. The van der Waals surface area contributed by atoms with Gasteiger partial charge in [0.05, 0.1) is 6.61 Å². The van der Waals surface area contributed by atoms with E-state index in [1.165, 1.54) is 50.5 Å². The second-order valence-corrected chi connectivity index (χ2v) is 5.86. The third-order valence-electron chi connectivity index (χ3n) is 3.96. The molecule has 1 aliphatic rings. The van der Waals surface area contributed by atoms with Crippen LogP contribution in [0.25, 0.3) is 0 Å². The van der Waals surface area contributed by atoms with Gasteiger partial charge in [0.2, 0.25) is 6.29 Å². The molecule has 3 nitrogen and oxygen atoms in total. The molecule has 1 fully saturated rings. The minimum Gasteiger partial charge on any atom is -0.462 e. The quantitative estimate of drug-likeness (QED) is 0.493. The van der Waals surface area contributed by atoms with Crippen molar-refractivity contribution < 1.29 is 14.6 Å². The summed E-state index contributed by atoms with van der Waals surface area (Å²) in [5.41, 5.74) is 1.37. The smallest absolute Gasteiger partial charge is 0.229 e. The first-order valence-corrected chi connectivity index (χ1v) is 8.35. The van der Waals surface area contributed by atoms with Crippen molar-refractivity contribution in [1.82, 2.24) is 0 Å². The first kappa shape index (κ1) is 16.3. The molecule has 0 bridgehead atoms. The lowest BCUT2D eigenvalue weighted by Gasteiger charge is -2.05. The minimum absolute atomic E-state index is 0.0288. The highest BCUT2D eigenvalue weighted by atomic mass is 16.8. The number of unbranched alkanes of at least 4 members (excludes halogenated alkanes) is 6. The molecule has 0 aliphatic carbocycles. The Labute approximate surface area is 128 Å². The van der Waals surface area contributed by atoms with E-state index in [4.69, 9.17) is 14.6 Å². The van der Waals surface area contributed by atoms with Gasteiger partial charge in [0, 0.05) is 0 Å². The molecule has 1 aliphatic heterocycles. The standard InChI is InChI=1S/C18H28O3/c1-2-3-4-5-6-7-8-9-15-10-12-16(13-11-15)20-18-17(14-19)21-18/h10-13,17-19H,2-9,14H2,1H3. The molecule has 118 valence electrons. The summed E-state index contributed by atoms with van der Waals surface area (Å²) in [7, 11) is 0. The zero-order chi connectivity index (χ0) is 14.9. The molecular formula is C18H28O3. The summed E-state index contributed by atoms with van der Waals surface area (Å²) in [4.78, 5) is 0. The molecule has 0 aromatic heterocycles. The van der Waals surface area contributed by atoms with Crippen LogP contribution in [0.4, 0.5) is 0 Å². The minimum atomic E-state index is -0.260. The Kier molecular flexibility index (Phi) is 7.04. The average Bonchev–Trinajstić information content (AvgIpc) is 3.26. The number of hydrogen-bond donors (Lipinski definition) is 1. The van der Waals surface area contributed by atoms with Crippen molar-refractivity contribution in [2.45, 2.75) is 70.7 Å². The number of rotatable bonds is 11. The second kappa shape index (κ2) is 9.06. The van der Waals surface area contributed by atoms with Gasteiger partial charge in [-0.1, -0.05) is 57.6 Å². The summed E-state index contributed by atoms with van der Waals surface area (Å²) >= 11 is 0. The summed E-state index contributed by atoms with van der Waals surface area (Å²) in [6.45, 7) is 2.29. The predicted octanol–water partition coefficient (Wildman–Crippen LogP) is 4.08. The number of ether oxygens (including phenoxy) is 2. The van der Waals surface area contributed by atoms with Crippen LogP contribution in [0.3, 0.4) is 0 Å². The van der Waals surface area contributed by atoms with Gasteiger partial charge >= 0.3 is 0 Å². The van der Waals surface area contributed by atoms with Gasteiger partial charge in [0.25, 0.3) is 0 Å². The fourth-order valence-electron chi connectivity index (χ4n) is 2.51. The molecule has 2 atom stereocenters. The average molecular weight is 292 g/mol. The maximum atomic E-state index is 8.88. The van der Waals surface area contributed by atoms with Crippen molar-refractivity contribution in [2.75, 3.05) is 6.61 Å². The molecule has 2 rings (SSSR count). The van der Waals surface area contributed by atoms with Crippen molar-refractivity contribution in [2.24, 2.45) is 0 Å². The van der Waals surface area contributed by atoms with Gasteiger partial charge in [0.15, 0.2) is 0 Å². The molecule has 0 amide bonds. The Hall–Kier alpha value is -1.06. The normalized spacial score (nSPS) is 20.5. The van der Waals surface area contributed by atoms with Crippen molar-refractivity contribution in [1.29, 1.82) is 0 Å². The van der Waals surface area contributed by atoms with E-state index in [0.717, 1.165) is 12.2 Å². The highest BCUT2D eigenvalue weighted by molar-refractivity contribution is 5.27. The summed E-state index contributed by atoms with van der Waals surface area (Å²) in [6.07, 6.45) is 10.2. The number of epoxide rings is 1. The van der Waals surface area contributed by atoms with Crippen LogP contribution in [-0.4, -0.2) is 24.1 Å². The predicted molar refractivity (Wildman–Crippen MR) is 84.5 cm³/mol. The van der Waals surface area contributed by atoms with E-state index in [2.05, 4.69) is 19.1 Å². The zero-order valence-electron chi connectivity index (χ0n) is 13.1. The zero-order valence-corrected chi connectivity index (χ0v) is 13.1. The van der Waals surface area contributed by atoms with Crippen molar-refractivity contribution in [3.05, 3.63) is 29.8 Å². The van der Waals surface area contributed by atoms with Crippen LogP contribution in [0.5, 0.6) is 5.75 Å². The van der Waals surface area contributed by atoms with Crippen LogP contribution in [-0.2, 0) is 11.2 Å². The largest absolute Gasteiger partial charge is 0.462 e. The van der Waals surface area contributed by atoms with E-state index in [1.807, 2.05) is 12.1 Å². The Morgan fingerprint density at radius 1 is 1.00 bits per heavy atom. The lowest BCUT2D eigenvalue weighted by atomic mass is 10.0. The van der Waals surface area contributed by atoms with Crippen LogP contribution < -0.4 is 4.74 Å². The molecule has 1 aromatic rings. The maximum Gasteiger partial charge on any atom is 0.229 e. The van der Waals surface area contributed by atoms with Gasteiger partial charge in [-0.25, -0.2) is 0 Å².